The minimum atomic E-state index is -4.68. The second-order valence-electron chi connectivity index (χ2n) is 4.54. The highest BCUT2D eigenvalue weighted by Crippen LogP contribution is 2.24. The summed E-state index contributed by atoms with van der Waals surface area (Å²) in [6.07, 6.45) is -4.26. The number of hydrogen-bond acceptors (Lipinski definition) is 2. The van der Waals surface area contributed by atoms with E-state index in [-0.39, 0.29) is 5.75 Å². The van der Waals surface area contributed by atoms with E-state index in [1.54, 1.807) is 12.1 Å². The maximum absolute atomic E-state index is 12.1. The first kappa shape index (κ1) is 18.5. The lowest BCUT2D eigenvalue weighted by molar-refractivity contribution is -0.274. The molecule has 2 nitrogen and oxygen atoms in total. The van der Waals surface area contributed by atoms with E-state index in [0.717, 1.165) is 19.3 Å². The van der Waals surface area contributed by atoms with Crippen molar-refractivity contribution in [2.45, 2.75) is 12.8 Å². The predicted molar refractivity (Wildman–Crippen MR) is 99.9 cm³/mol. The van der Waals surface area contributed by atoms with Gasteiger partial charge in [-0.25, -0.2) is 0 Å². The zero-order valence-corrected chi connectivity index (χ0v) is 16.0. The minimum absolute atomic E-state index is 0.248. The third-order valence-electron chi connectivity index (χ3n) is 2.73. The zero-order valence-electron chi connectivity index (χ0n) is 11.5. The summed E-state index contributed by atoms with van der Waals surface area (Å²) in [6, 6.07) is 11.4. The molecule has 0 atom stereocenters. The fraction of sp³-hybridized carbons (Fsp3) is 0.133. The quantitative estimate of drug-likeness (QED) is 0.402. The van der Waals surface area contributed by atoms with Gasteiger partial charge in [-0.05, 0) is 58.5 Å². The van der Waals surface area contributed by atoms with E-state index < -0.39 is 6.36 Å². The number of ether oxygens (including phenoxy) is 1. The fourth-order valence-electron chi connectivity index (χ4n) is 1.78. The Morgan fingerprint density at radius 3 is 2.39 bits per heavy atom. The SMILES string of the molecule is FC(F)(F)Oc1ccc(CC(=S)Nc2ccc(Br)cc2I)cc1. The fourth-order valence-corrected chi connectivity index (χ4v) is 3.50. The molecule has 23 heavy (non-hydrogen) atoms. The van der Waals surface area contributed by atoms with Gasteiger partial charge >= 0.3 is 6.36 Å². The van der Waals surface area contributed by atoms with Crippen LogP contribution in [-0.2, 0) is 6.42 Å². The summed E-state index contributed by atoms with van der Waals surface area (Å²) in [4.78, 5) is 0.578. The largest absolute Gasteiger partial charge is 0.573 e. The van der Waals surface area contributed by atoms with Crippen LogP contribution < -0.4 is 10.1 Å². The number of alkyl halides is 3. The molecule has 0 fully saturated rings. The second kappa shape index (κ2) is 7.80. The highest BCUT2D eigenvalue weighted by molar-refractivity contribution is 14.1. The Morgan fingerprint density at radius 1 is 1.17 bits per heavy atom. The van der Waals surface area contributed by atoms with Crippen LogP contribution in [0.1, 0.15) is 5.56 Å². The van der Waals surface area contributed by atoms with Crippen LogP contribution in [0.15, 0.2) is 46.9 Å². The molecule has 0 heterocycles. The van der Waals surface area contributed by atoms with Gasteiger partial charge < -0.3 is 10.1 Å². The summed E-state index contributed by atoms with van der Waals surface area (Å²) in [5, 5.41) is 3.13. The molecule has 1 N–H and O–H groups in total. The summed E-state index contributed by atoms with van der Waals surface area (Å²) < 4.78 is 42.1. The van der Waals surface area contributed by atoms with Crippen LogP contribution in [0, 0.1) is 3.57 Å². The smallest absolute Gasteiger partial charge is 0.406 e. The Bertz CT molecular complexity index is 707. The topological polar surface area (TPSA) is 21.3 Å². The number of thiocarbonyl (C=S) groups is 1. The third kappa shape index (κ3) is 6.27. The molecule has 2 rings (SSSR count). The lowest BCUT2D eigenvalue weighted by Crippen LogP contribution is -2.17. The molecule has 0 spiro atoms. The Hall–Kier alpha value is -0.870. The first-order valence-electron chi connectivity index (χ1n) is 6.32. The molecule has 2 aromatic rings. The van der Waals surface area contributed by atoms with Gasteiger partial charge in [-0.1, -0.05) is 40.3 Å². The van der Waals surface area contributed by atoms with E-state index in [0.29, 0.717) is 11.4 Å². The average Bonchev–Trinajstić information content (AvgIpc) is 2.42. The van der Waals surface area contributed by atoms with Gasteiger partial charge in [0, 0.05) is 14.5 Å². The molecule has 0 aromatic heterocycles. The first-order chi connectivity index (χ1) is 10.7. The molecule has 2 aromatic carbocycles. The van der Waals surface area contributed by atoms with E-state index in [1.165, 1.54) is 12.1 Å². The van der Waals surface area contributed by atoms with Gasteiger partial charge in [0.1, 0.15) is 5.75 Å². The van der Waals surface area contributed by atoms with Gasteiger partial charge in [0.25, 0.3) is 0 Å². The van der Waals surface area contributed by atoms with E-state index >= 15 is 0 Å². The molecule has 0 aliphatic rings. The summed E-state index contributed by atoms with van der Waals surface area (Å²) in [5.41, 5.74) is 1.68. The van der Waals surface area contributed by atoms with Crippen molar-refractivity contribution in [3.8, 4) is 5.75 Å². The Kier molecular flexibility index (Phi) is 6.26. The van der Waals surface area contributed by atoms with E-state index in [4.69, 9.17) is 12.2 Å². The number of halogens is 5. The van der Waals surface area contributed by atoms with Gasteiger partial charge in [0.05, 0.1) is 10.7 Å². The molecule has 0 aliphatic heterocycles. The van der Waals surface area contributed by atoms with Crippen LogP contribution in [0.25, 0.3) is 0 Å². The number of nitrogens with one attached hydrogen (secondary N) is 1. The predicted octanol–water partition coefficient (Wildman–Crippen LogP) is 5.93. The van der Waals surface area contributed by atoms with Crippen molar-refractivity contribution < 1.29 is 17.9 Å². The van der Waals surface area contributed by atoms with E-state index in [1.807, 2.05) is 18.2 Å². The highest BCUT2D eigenvalue weighted by atomic mass is 127. The molecule has 8 heteroatoms. The van der Waals surface area contributed by atoms with Gasteiger partial charge in [0.15, 0.2) is 0 Å². The molecule has 0 aliphatic carbocycles. The van der Waals surface area contributed by atoms with Crippen LogP contribution in [0.3, 0.4) is 0 Å². The molecule has 0 radical (unpaired) electrons. The van der Waals surface area contributed by atoms with Gasteiger partial charge in [0.2, 0.25) is 0 Å². The Labute approximate surface area is 158 Å². The summed E-state index contributed by atoms with van der Waals surface area (Å²) in [7, 11) is 0. The maximum Gasteiger partial charge on any atom is 0.573 e. The third-order valence-corrected chi connectivity index (χ3v) is 4.36. The van der Waals surface area contributed by atoms with Crippen LogP contribution in [0.5, 0.6) is 5.75 Å². The first-order valence-corrected chi connectivity index (χ1v) is 8.60. The second-order valence-corrected chi connectivity index (χ2v) is 7.11. The summed E-state index contributed by atoms with van der Waals surface area (Å²) in [6.45, 7) is 0. The van der Waals surface area contributed by atoms with Crippen molar-refractivity contribution in [1.29, 1.82) is 0 Å². The van der Waals surface area contributed by atoms with E-state index in [9.17, 15) is 13.2 Å². The zero-order chi connectivity index (χ0) is 17.0. The summed E-state index contributed by atoms with van der Waals surface area (Å²) >= 11 is 10.9. The van der Waals surface area contributed by atoms with Crippen molar-refractivity contribution in [1.82, 2.24) is 0 Å². The monoisotopic (exact) mass is 515 g/mol. The van der Waals surface area contributed by atoms with Gasteiger partial charge in [-0.2, -0.15) is 0 Å². The standard InChI is InChI=1S/C15H10BrF3INOS/c16-10-3-6-13(12(20)8-10)21-14(23)7-9-1-4-11(5-2-9)22-15(17,18)19/h1-6,8H,7H2,(H,21,23). The maximum atomic E-state index is 12.1. The lowest BCUT2D eigenvalue weighted by Gasteiger charge is -2.11. The van der Waals surface area contributed by atoms with Crippen molar-refractivity contribution in [2.75, 3.05) is 5.32 Å². The molecule has 0 saturated heterocycles. The normalized spacial score (nSPS) is 11.2. The van der Waals surface area contributed by atoms with Crippen LogP contribution >= 0.6 is 50.7 Å². The van der Waals surface area contributed by atoms with Crippen LogP contribution in [0.4, 0.5) is 18.9 Å². The van der Waals surface area contributed by atoms with Crippen molar-refractivity contribution in [2.24, 2.45) is 0 Å². The molecular weight excluding hydrogens is 506 g/mol. The number of benzene rings is 2. The molecule has 0 amide bonds. The van der Waals surface area contributed by atoms with Crippen molar-refractivity contribution in [3.63, 3.8) is 0 Å². The Balaban J connectivity index is 1.97. The molecule has 0 saturated carbocycles. The van der Waals surface area contributed by atoms with Crippen molar-refractivity contribution in [3.05, 3.63) is 56.1 Å². The molecule has 0 bridgehead atoms. The Morgan fingerprint density at radius 2 is 1.83 bits per heavy atom. The minimum Gasteiger partial charge on any atom is -0.406 e. The van der Waals surface area contributed by atoms with Crippen molar-refractivity contribution >= 4 is 61.4 Å². The van der Waals surface area contributed by atoms with Gasteiger partial charge in [-0.3, -0.25) is 0 Å². The highest BCUT2D eigenvalue weighted by Gasteiger charge is 2.30. The van der Waals surface area contributed by atoms with E-state index in [2.05, 4.69) is 48.6 Å². The number of rotatable bonds is 4. The number of anilines is 1. The molecular formula is C15H10BrF3INOS. The van der Waals surface area contributed by atoms with Gasteiger partial charge in [-0.15, -0.1) is 13.2 Å². The lowest BCUT2D eigenvalue weighted by atomic mass is 10.1. The molecule has 122 valence electrons. The van der Waals surface area contributed by atoms with Crippen LogP contribution in [-0.4, -0.2) is 11.4 Å². The number of hydrogen-bond donors (Lipinski definition) is 1. The molecule has 0 unspecified atom stereocenters. The van der Waals surface area contributed by atoms with Crippen LogP contribution in [0.2, 0.25) is 0 Å². The average molecular weight is 516 g/mol. The summed E-state index contributed by atoms with van der Waals surface area (Å²) in [5.74, 6) is -0.248.